The third kappa shape index (κ3) is 3.83. The van der Waals surface area contributed by atoms with Crippen molar-refractivity contribution >= 4 is 5.91 Å². The Kier molecular flexibility index (Phi) is 5.03. The Balaban J connectivity index is 1.44. The zero-order valence-electron chi connectivity index (χ0n) is 13.4. The van der Waals surface area contributed by atoms with Crippen LogP contribution in [0.15, 0.2) is 0 Å². The highest BCUT2D eigenvalue weighted by Gasteiger charge is 2.18. The molecule has 1 amide bonds. The molecule has 5 nitrogen and oxygen atoms in total. The molecule has 120 valence electrons. The quantitative estimate of drug-likeness (QED) is 0.900. The standard InChI is InChI=1S/C17H25N3O2/c1-12-14-5-2-6-15(14)20-16(19-12)7-8-18-17(21)10-13-4-3-9-22-11-13/h13H,2-11H2,1H3,(H,18,21). The van der Waals surface area contributed by atoms with Gasteiger partial charge >= 0.3 is 0 Å². The van der Waals surface area contributed by atoms with Gasteiger partial charge in [-0.2, -0.15) is 0 Å². The van der Waals surface area contributed by atoms with Gasteiger partial charge in [-0.25, -0.2) is 9.97 Å². The van der Waals surface area contributed by atoms with Gasteiger partial charge in [0, 0.05) is 44.0 Å². The summed E-state index contributed by atoms with van der Waals surface area (Å²) in [5.41, 5.74) is 3.67. The zero-order valence-corrected chi connectivity index (χ0v) is 13.4. The highest BCUT2D eigenvalue weighted by molar-refractivity contribution is 5.76. The number of hydrogen-bond acceptors (Lipinski definition) is 4. The maximum absolute atomic E-state index is 11.9. The second-order valence-corrected chi connectivity index (χ2v) is 6.39. The first kappa shape index (κ1) is 15.4. The van der Waals surface area contributed by atoms with Crippen LogP contribution >= 0.6 is 0 Å². The molecule has 0 aromatic carbocycles. The van der Waals surface area contributed by atoms with E-state index in [9.17, 15) is 4.79 Å². The van der Waals surface area contributed by atoms with E-state index >= 15 is 0 Å². The fourth-order valence-corrected chi connectivity index (χ4v) is 3.41. The molecule has 1 N–H and O–H groups in total. The van der Waals surface area contributed by atoms with Crippen molar-refractivity contribution in [2.45, 2.75) is 51.9 Å². The monoisotopic (exact) mass is 303 g/mol. The van der Waals surface area contributed by atoms with Gasteiger partial charge in [-0.15, -0.1) is 0 Å². The van der Waals surface area contributed by atoms with E-state index in [0.29, 0.717) is 25.3 Å². The van der Waals surface area contributed by atoms with Gasteiger partial charge in [0.2, 0.25) is 5.91 Å². The fraction of sp³-hybridized carbons (Fsp3) is 0.706. The summed E-state index contributed by atoms with van der Waals surface area (Å²) >= 11 is 0. The normalized spacial score (nSPS) is 20.7. The van der Waals surface area contributed by atoms with E-state index in [4.69, 9.17) is 4.74 Å². The minimum atomic E-state index is 0.119. The molecule has 1 fully saturated rings. The first-order chi connectivity index (χ1) is 10.7. The molecule has 1 saturated heterocycles. The van der Waals surface area contributed by atoms with Crippen LogP contribution in [0.3, 0.4) is 0 Å². The van der Waals surface area contributed by atoms with Crippen LogP contribution in [0.1, 0.15) is 48.5 Å². The van der Waals surface area contributed by atoms with Crippen LogP contribution in [0.5, 0.6) is 0 Å². The number of hydrogen-bond donors (Lipinski definition) is 1. The molecule has 1 unspecified atom stereocenters. The Morgan fingerprint density at radius 1 is 1.32 bits per heavy atom. The molecule has 1 aliphatic carbocycles. The molecule has 0 bridgehead atoms. The van der Waals surface area contributed by atoms with Crippen molar-refractivity contribution in [3.8, 4) is 0 Å². The Morgan fingerprint density at radius 3 is 3.05 bits per heavy atom. The number of rotatable bonds is 5. The first-order valence-corrected chi connectivity index (χ1v) is 8.42. The molecular weight excluding hydrogens is 278 g/mol. The fourth-order valence-electron chi connectivity index (χ4n) is 3.41. The SMILES string of the molecule is Cc1nc(CCNC(=O)CC2CCCOC2)nc2c1CCC2. The Morgan fingerprint density at radius 2 is 2.23 bits per heavy atom. The number of fused-ring (bicyclic) bond motifs is 1. The molecule has 3 rings (SSSR count). The topological polar surface area (TPSA) is 64.1 Å². The van der Waals surface area contributed by atoms with Crippen molar-refractivity contribution in [2.24, 2.45) is 5.92 Å². The van der Waals surface area contributed by atoms with Gasteiger partial charge in [0.1, 0.15) is 5.82 Å². The first-order valence-electron chi connectivity index (χ1n) is 8.42. The van der Waals surface area contributed by atoms with Crippen molar-refractivity contribution in [3.63, 3.8) is 0 Å². The van der Waals surface area contributed by atoms with E-state index < -0.39 is 0 Å². The van der Waals surface area contributed by atoms with Crippen LogP contribution < -0.4 is 5.32 Å². The molecule has 1 atom stereocenters. The average molecular weight is 303 g/mol. The number of aromatic nitrogens is 2. The molecule has 0 radical (unpaired) electrons. The van der Waals surface area contributed by atoms with Crippen LogP contribution in [-0.2, 0) is 28.8 Å². The van der Waals surface area contributed by atoms with Gasteiger partial charge in [0.05, 0.1) is 0 Å². The van der Waals surface area contributed by atoms with E-state index in [1.807, 2.05) is 0 Å². The van der Waals surface area contributed by atoms with E-state index in [2.05, 4.69) is 22.2 Å². The van der Waals surface area contributed by atoms with Crippen molar-refractivity contribution in [3.05, 3.63) is 22.8 Å². The smallest absolute Gasteiger partial charge is 0.220 e. The van der Waals surface area contributed by atoms with Crippen LogP contribution in [0.4, 0.5) is 0 Å². The van der Waals surface area contributed by atoms with E-state index in [1.54, 1.807) is 0 Å². The molecule has 1 aromatic heterocycles. The molecule has 1 aromatic rings. The highest BCUT2D eigenvalue weighted by Crippen LogP contribution is 2.22. The summed E-state index contributed by atoms with van der Waals surface area (Å²) in [5, 5.41) is 2.99. The summed E-state index contributed by atoms with van der Waals surface area (Å²) in [6.07, 6.45) is 6.82. The minimum Gasteiger partial charge on any atom is -0.381 e. The number of aryl methyl sites for hydroxylation is 2. The predicted octanol–water partition coefficient (Wildman–Crippen LogP) is 1.75. The molecular formula is C17H25N3O2. The zero-order chi connectivity index (χ0) is 15.4. The molecule has 2 heterocycles. The lowest BCUT2D eigenvalue weighted by Crippen LogP contribution is -2.30. The molecule has 0 saturated carbocycles. The van der Waals surface area contributed by atoms with Gasteiger partial charge in [-0.3, -0.25) is 4.79 Å². The summed E-state index contributed by atoms with van der Waals surface area (Å²) < 4.78 is 5.41. The molecule has 22 heavy (non-hydrogen) atoms. The van der Waals surface area contributed by atoms with Gasteiger partial charge < -0.3 is 10.1 Å². The number of nitrogens with one attached hydrogen (secondary N) is 1. The largest absolute Gasteiger partial charge is 0.381 e. The minimum absolute atomic E-state index is 0.119. The van der Waals surface area contributed by atoms with E-state index in [0.717, 1.165) is 50.4 Å². The lowest BCUT2D eigenvalue weighted by molar-refractivity contribution is -0.123. The molecule has 5 heteroatoms. The Bertz CT molecular complexity index is 539. The summed E-state index contributed by atoms with van der Waals surface area (Å²) in [4.78, 5) is 21.2. The van der Waals surface area contributed by atoms with Crippen LogP contribution in [-0.4, -0.2) is 35.6 Å². The number of ether oxygens (including phenoxy) is 1. The van der Waals surface area contributed by atoms with Crippen molar-refractivity contribution in [1.82, 2.24) is 15.3 Å². The van der Waals surface area contributed by atoms with Crippen LogP contribution in [0, 0.1) is 12.8 Å². The predicted molar refractivity (Wildman–Crippen MR) is 83.7 cm³/mol. The van der Waals surface area contributed by atoms with Crippen molar-refractivity contribution in [2.75, 3.05) is 19.8 Å². The summed E-state index contributed by atoms with van der Waals surface area (Å²) in [5.74, 6) is 1.36. The third-order valence-corrected chi connectivity index (χ3v) is 4.59. The number of nitrogens with zero attached hydrogens (tertiary/aromatic N) is 2. The number of carbonyl (C=O) groups is 1. The highest BCUT2D eigenvalue weighted by atomic mass is 16.5. The number of amides is 1. The average Bonchev–Trinajstić information content (AvgIpc) is 2.97. The molecule has 0 spiro atoms. The maximum atomic E-state index is 11.9. The number of carbonyl (C=O) groups excluding carboxylic acids is 1. The summed E-state index contributed by atoms with van der Waals surface area (Å²) in [6, 6.07) is 0. The second kappa shape index (κ2) is 7.18. The molecule has 1 aliphatic heterocycles. The second-order valence-electron chi connectivity index (χ2n) is 6.39. The van der Waals surface area contributed by atoms with Crippen LogP contribution in [0.2, 0.25) is 0 Å². The van der Waals surface area contributed by atoms with E-state index in [-0.39, 0.29) is 5.91 Å². The summed E-state index contributed by atoms with van der Waals surface area (Å²) in [7, 11) is 0. The van der Waals surface area contributed by atoms with Gasteiger partial charge in [-0.05, 0) is 50.5 Å². The van der Waals surface area contributed by atoms with Gasteiger partial charge in [-0.1, -0.05) is 0 Å². The van der Waals surface area contributed by atoms with Gasteiger partial charge in [0.25, 0.3) is 0 Å². The lowest BCUT2D eigenvalue weighted by Gasteiger charge is -2.21. The van der Waals surface area contributed by atoms with E-state index in [1.165, 1.54) is 17.7 Å². The van der Waals surface area contributed by atoms with Crippen molar-refractivity contribution in [1.29, 1.82) is 0 Å². The Hall–Kier alpha value is -1.49. The van der Waals surface area contributed by atoms with Crippen LogP contribution in [0.25, 0.3) is 0 Å². The van der Waals surface area contributed by atoms with Crippen molar-refractivity contribution < 1.29 is 9.53 Å². The maximum Gasteiger partial charge on any atom is 0.220 e. The third-order valence-electron chi connectivity index (χ3n) is 4.59. The summed E-state index contributed by atoms with van der Waals surface area (Å²) in [6.45, 7) is 4.25. The lowest BCUT2D eigenvalue weighted by atomic mass is 9.98. The molecule has 2 aliphatic rings. The Labute approximate surface area is 131 Å². The van der Waals surface area contributed by atoms with Gasteiger partial charge in [0.15, 0.2) is 0 Å².